The number of anilines is 3. The largest absolute Gasteiger partial charge is 0.408 e. The van der Waals surface area contributed by atoms with Gasteiger partial charge in [0.05, 0.1) is 17.9 Å². The highest BCUT2D eigenvalue weighted by Gasteiger charge is 2.46. The lowest BCUT2D eigenvalue weighted by Crippen LogP contribution is -2.45. The molecule has 5 aromatic rings. The van der Waals surface area contributed by atoms with Gasteiger partial charge in [-0.3, -0.25) is 33.7 Å². The third-order valence-corrected chi connectivity index (χ3v) is 7.82. The van der Waals surface area contributed by atoms with Crippen LogP contribution in [0.15, 0.2) is 64.6 Å². The number of hydrogen-bond donors (Lipinski definition) is 1. The molecule has 7 rings (SSSR count). The predicted molar refractivity (Wildman–Crippen MR) is 155 cm³/mol. The van der Waals surface area contributed by atoms with Crippen molar-refractivity contribution in [3.63, 3.8) is 0 Å². The number of hydrazine groups is 1. The second kappa shape index (κ2) is 10.5. The maximum atomic E-state index is 13.5. The van der Waals surface area contributed by atoms with Crippen LogP contribution in [0.4, 0.5) is 30.9 Å². The number of carbonyl (C=O) groups excluding carboxylic acids is 1. The number of amides is 1. The predicted octanol–water partition coefficient (Wildman–Crippen LogP) is 2.10. The van der Waals surface area contributed by atoms with Gasteiger partial charge >= 0.3 is 11.9 Å². The first kappa shape index (κ1) is 28.2. The van der Waals surface area contributed by atoms with Crippen molar-refractivity contribution in [2.75, 3.05) is 21.9 Å². The molecule has 7 heterocycles. The lowest BCUT2D eigenvalue weighted by atomic mass is 10.2. The topological polar surface area (TPSA) is 149 Å². The number of nitrogens with zero attached hydrogens (tertiary/aromatic N) is 10. The number of aryl methyl sites for hydroxylation is 1. The van der Waals surface area contributed by atoms with Gasteiger partial charge in [-0.2, -0.15) is 18.2 Å². The maximum absolute atomic E-state index is 13.5. The van der Waals surface area contributed by atoms with Crippen molar-refractivity contribution in [3.8, 4) is 11.3 Å². The molecule has 14 nitrogen and oxygen atoms in total. The van der Waals surface area contributed by atoms with Crippen molar-refractivity contribution in [2.24, 2.45) is 7.05 Å². The number of pyridine rings is 2. The maximum Gasteiger partial charge on any atom is 0.408 e. The molecule has 0 spiro atoms. The molecule has 17 heteroatoms. The molecule has 0 aliphatic carbocycles. The van der Waals surface area contributed by atoms with E-state index in [0.29, 0.717) is 23.4 Å². The van der Waals surface area contributed by atoms with E-state index in [0.717, 1.165) is 9.47 Å². The summed E-state index contributed by atoms with van der Waals surface area (Å²) in [6, 6.07) is 8.43. The van der Waals surface area contributed by atoms with Gasteiger partial charge in [-0.05, 0) is 37.1 Å². The zero-order chi connectivity index (χ0) is 31.5. The molecule has 0 saturated carbocycles. The van der Waals surface area contributed by atoms with Gasteiger partial charge in [0.1, 0.15) is 12.6 Å². The summed E-state index contributed by atoms with van der Waals surface area (Å²) in [4.78, 5) is 62.6. The summed E-state index contributed by atoms with van der Waals surface area (Å²) in [6.45, 7) is -0.120. The van der Waals surface area contributed by atoms with Gasteiger partial charge in [0.2, 0.25) is 11.9 Å². The van der Waals surface area contributed by atoms with Crippen LogP contribution in [0.1, 0.15) is 18.5 Å². The van der Waals surface area contributed by atoms with Gasteiger partial charge in [0, 0.05) is 37.7 Å². The second-order valence-corrected chi connectivity index (χ2v) is 10.6. The molecule has 45 heavy (non-hydrogen) atoms. The minimum Gasteiger partial charge on any atom is -0.329 e. The van der Waals surface area contributed by atoms with E-state index in [1.807, 2.05) is 0 Å². The van der Waals surface area contributed by atoms with Crippen molar-refractivity contribution >= 4 is 34.8 Å². The number of halogens is 3. The Kier molecular flexibility index (Phi) is 6.59. The van der Waals surface area contributed by atoms with E-state index in [4.69, 9.17) is 0 Å². The van der Waals surface area contributed by atoms with Gasteiger partial charge in [0.15, 0.2) is 17.0 Å². The Morgan fingerprint density at radius 3 is 2.53 bits per heavy atom. The number of nitrogens with one attached hydrogen (secondary N) is 1. The normalized spacial score (nSPS) is 16.7. The number of imidazole rings is 1. The smallest absolute Gasteiger partial charge is 0.329 e. The average molecular weight is 620 g/mol. The lowest BCUT2D eigenvalue weighted by Gasteiger charge is -2.28. The van der Waals surface area contributed by atoms with Crippen LogP contribution in [0.2, 0.25) is 0 Å². The molecule has 0 unspecified atom stereocenters. The summed E-state index contributed by atoms with van der Waals surface area (Å²) in [5.74, 6) is -0.139. The molecular weight excluding hydrogens is 595 g/mol. The Bertz CT molecular complexity index is 2060. The van der Waals surface area contributed by atoms with E-state index in [1.165, 1.54) is 33.6 Å². The zero-order valence-electron chi connectivity index (χ0n) is 23.6. The highest BCUT2D eigenvalue weighted by molar-refractivity contribution is 5.97. The fraction of sp³-hybridized carbons (Fsp3) is 0.286. The number of rotatable bonds is 5. The molecular formula is C28H24F3N11O3. The average Bonchev–Trinajstić information content (AvgIpc) is 3.68. The molecule has 1 amide bonds. The molecule has 1 fully saturated rings. The summed E-state index contributed by atoms with van der Waals surface area (Å²) in [5.41, 5.74) is 3.20. The summed E-state index contributed by atoms with van der Waals surface area (Å²) < 4.78 is 43.9. The van der Waals surface area contributed by atoms with E-state index < -0.39 is 29.4 Å². The number of carbonyl (C=O) groups is 1. The fourth-order valence-corrected chi connectivity index (χ4v) is 5.61. The first-order valence-corrected chi connectivity index (χ1v) is 13.9. The third-order valence-electron chi connectivity index (χ3n) is 7.82. The van der Waals surface area contributed by atoms with Gasteiger partial charge in [0.25, 0.3) is 11.5 Å². The molecule has 0 radical (unpaired) electrons. The molecule has 5 aromatic heterocycles. The molecule has 0 aromatic carbocycles. The van der Waals surface area contributed by atoms with Crippen LogP contribution >= 0.6 is 0 Å². The zero-order valence-corrected chi connectivity index (χ0v) is 23.6. The van der Waals surface area contributed by atoms with Crippen molar-refractivity contribution in [1.82, 2.24) is 38.6 Å². The SMILES string of the molecule is Cn1c(=O)n(Cc2ccccn2)c(=O)c2c1nc1n2CC(=O)N(c2cccc(-c3cnc(N4CCC[C@H]4C(F)(F)F)nc3)n2)N1. The Morgan fingerprint density at radius 2 is 1.80 bits per heavy atom. The van der Waals surface area contributed by atoms with Crippen molar-refractivity contribution in [3.05, 3.63) is 81.5 Å². The van der Waals surface area contributed by atoms with Crippen LogP contribution in [0.3, 0.4) is 0 Å². The summed E-state index contributed by atoms with van der Waals surface area (Å²) in [7, 11) is 1.49. The van der Waals surface area contributed by atoms with Gasteiger partial charge in [-0.15, -0.1) is 0 Å². The number of alkyl halides is 3. The van der Waals surface area contributed by atoms with Crippen molar-refractivity contribution in [1.29, 1.82) is 0 Å². The van der Waals surface area contributed by atoms with Crippen LogP contribution in [0.25, 0.3) is 22.4 Å². The number of hydrogen-bond acceptors (Lipinski definition) is 10. The highest BCUT2D eigenvalue weighted by Crippen LogP contribution is 2.35. The highest BCUT2D eigenvalue weighted by atomic mass is 19.4. The van der Waals surface area contributed by atoms with E-state index in [2.05, 4.69) is 30.3 Å². The molecule has 2 aliphatic heterocycles. The molecule has 0 bridgehead atoms. The monoisotopic (exact) mass is 619 g/mol. The van der Waals surface area contributed by atoms with Crippen molar-refractivity contribution < 1.29 is 18.0 Å². The van der Waals surface area contributed by atoms with Crippen LogP contribution in [-0.2, 0) is 24.9 Å². The Balaban J connectivity index is 1.18. The molecule has 2 aliphatic rings. The van der Waals surface area contributed by atoms with Crippen LogP contribution < -0.4 is 26.6 Å². The van der Waals surface area contributed by atoms with E-state index in [-0.39, 0.29) is 54.9 Å². The minimum absolute atomic E-state index is 0.0134. The van der Waals surface area contributed by atoms with Crippen LogP contribution in [0.5, 0.6) is 0 Å². The quantitative estimate of drug-likeness (QED) is 0.310. The molecule has 230 valence electrons. The minimum atomic E-state index is -4.38. The molecule has 1 N–H and O–H groups in total. The van der Waals surface area contributed by atoms with Crippen molar-refractivity contribution in [2.45, 2.75) is 38.1 Å². The standard InChI is InChI=1S/C28H24F3N11O3/c1-38-23-22(24(44)41(27(38)45)14-17-6-2-3-10-32-17)40-15-21(43)42(37-26(40)36-23)20-9-4-7-18(35-20)16-12-33-25(34-13-16)39-11-5-8-19(39)28(29,30)31/h2-4,6-7,9-10,12-13,19H,5,8,11,14-15H2,1H3,(H,36,37)/t19-/m0/s1. The van der Waals surface area contributed by atoms with Crippen LogP contribution in [0, 0.1) is 0 Å². The first-order valence-electron chi connectivity index (χ1n) is 13.9. The van der Waals surface area contributed by atoms with E-state index >= 15 is 0 Å². The summed E-state index contributed by atoms with van der Waals surface area (Å²) >= 11 is 0. The van der Waals surface area contributed by atoms with Crippen LogP contribution in [-0.4, -0.2) is 63.3 Å². The Labute approximate surface area is 251 Å². The molecule has 1 atom stereocenters. The lowest BCUT2D eigenvalue weighted by molar-refractivity contribution is -0.146. The summed E-state index contributed by atoms with van der Waals surface area (Å²) in [5, 5.41) is 1.17. The number of aromatic nitrogens is 8. The van der Waals surface area contributed by atoms with Gasteiger partial charge in [-0.1, -0.05) is 12.1 Å². The second-order valence-electron chi connectivity index (χ2n) is 10.6. The number of fused-ring (bicyclic) bond motifs is 3. The van der Waals surface area contributed by atoms with Gasteiger partial charge in [-0.25, -0.2) is 24.8 Å². The van der Waals surface area contributed by atoms with E-state index in [1.54, 1.807) is 42.6 Å². The van der Waals surface area contributed by atoms with E-state index in [9.17, 15) is 27.6 Å². The third kappa shape index (κ3) is 4.85. The molecule has 1 saturated heterocycles. The Hall–Kier alpha value is -5.61. The Morgan fingerprint density at radius 1 is 1.00 bits per heavy atom. The van der Waals surface area contributed by atoms with Gasteiger partial charge < -0.3 is 4.90 Å². The fourth-order valence-electron chi connectivity index (χ4n) is 5.61. The first-order chi connectivity index (χ1) is 21.6. The summed E-state index contributed by atoms with van der Waals surface area (Å²) in [6.07, 6.45) is 0.339.